The molecule has 0 bridgehead atoms. The Morgan fingerprint density at radius 2 is 2.25 bits per heavy atom. The fraction of sp³-hybridized carbons (Fsp3) is 0.364. The zero-order valence-corrected chi connectivity index (χ0v) is 9.93. The van der Waals surface area contributed by atoms with Gasteiger partial charge in [-0.3, -0.25) is 4.79 Å². The first-order valence-electron chi connectivity index (χ1n) is 4.96. The Morgan fingerprint density at radius 1 is 1.50 bits per heavy atom. The highest BCUT2D eigenvalue weighted by atomic mass is 35.5. The van der Waals surface area contributed by atoms with Gasteiger partial charge in [-0.25, -0.2) is 4.39 Å². The second kappa shape index (κ2) is 4.60. The molecular weight excluding hydrogens is 252 g/mol. The molecule has 1 amide bonds. The predicted octanol–water partition coefficient (Wildman–Crippen LogP) is 2.93. The van der Waals surface area contributed by atoms with Crippen molar-refractivity contribution in [2.24, 2.45) is 0 Å². The van der Waals surface area contributed by atoms with E-state index in [-0.39, 0.29) is 16.8 Å². The highest BCUT2D eigenvalue weighted by Gasteiger charge is 2.27. The lowest BCUT2D eigenvalue weighted by atomic mass is 10.2. The Morgan fingerprint density at radius 3 is 2.88 bits per heavy atom. The van der Waals surface area contributed by atoms with Crippen molar-refractivity contribution >= 4 is 29.1 Å². The van der Waals surface area contributed by atoms with E-state index in [1.807, 2.05) is 0 Å². The van der Waals surface area contributed by atoms with Gasteiger partial charge in [0.15, 0.2) is 0 Å². The summed E-state index contributed by atoms with van der Waals surface area (Å²) in [6.07, 6.45) is 0.746. The third kappa shape index (κ3) is 2.30. The molecule has 16 heavy (non-hydrogen) atoms. The average molecular weight is 262 g/mol. The molecule has 1 fully saturated rings. The lowest BCUT2D eigenvalue weighted by molar-refractivity contribution is 0.0788. The van der Waals surface area contributed by atoms with Crippen LogP contribution in [-0.2, 0) is 0 Å². The Balaban J connectivity index is 2.23. The van der Waals surface area contributed by atoms with Gasteiger partial charge in [0, 0.05) is 18.1 Å². The van der Waals surface area contributed by atoms with Gasteiger partial charge in [0.25, 0.3) is 5.91 Å². The van der Waals surface area contributed by atoms with E-state index in [0.717, 1.165) is 6.42 Å². The molecule has 0 N–H and O–H groups in total. The number of amides is 1. The molecule has 0 aromatic heterocycles. The minimum Gasteiger partial charge on any atom is -0.337 e. The molecule has 1 aliphatic rings. The van der Waals surface area contributed by atoms with Gasteiger partial charge in [-0.15, -0.1) is 11.6 Å². The minimum absolute atomic E-state index is 0.0123. The van der Waals surface area contributed by atoms with E-state index in [1.54, 1.807) is 4.90 Å². The van der Waals surface area contributed by atoms with Gasteiger partial charge in [0.2, 0.25) is 0 Å². The summed E-state index contributed by atoms with van der Waals surface area (Å²) < 4.78 is 13.4. The lowest BCUT2D eigenvalue weighted by Crippen LogP contribution is -2.29. The molecule has 1 aromatic rings. The molecule has 1 aliphatic heterocycles. The van der Waals surface area contributed by atoms with Crippen molar-refractivity contribution in [1.29, 1.82) is 0 Å². The molecule has 5 heteroatoms. The zero-order chi connectivity index (χ0) is 11.7. The molecule has 0 spiro atoms. The van der Waals surface area contributed by atoms with Gasteiger partial charge in [-0.05, 0) is 24.6 Å². The van der Waals surface area contributed by atoms with Gasteiger partial charge in [-0.2, -0.15) is 0 Å². The Bertz CT molecular complexity index is 424. The fourth-order valence-corrected chi connectivity index (χ4v) is 2.17. The summed E-state index contributed by atoms with van der Waals surface area (Å²) in [5.41, 5.74) is 0.0123. The van der Waals surface area contributed by atoms with Crippen LogP contribution in [0.2, 0.25) is 5.02 Å². The number of carbonyl (C=O) groups is 1. The summed E-state index contributed by atoms with van der Waals surface area (Å²) >= 11 is 11.6. The van der Waals surface area contributed by atoms with E-state index in [1.165, 1.54) is 18.2 Å². The van der Waals surface area contributed by atoms with E-state index in [2.05, 4.69) is 0 Å². The molecule has 86 valence electrons. The quantitative estimate of drug-likeness (QED) is 0.712. The van der Waals surface area contributed by atoms with E-state index < -0.39 is 5.82 Å². The van der Waals surface area contributed by atoms with Crippen molar-refractivity contribution < 1.29 is 9.18 Å². The minimum atomic E-state index is -0.549. The summed E-state index contributed by atoms with van der Waals surface area (Å²) in [6.45, 7) is 1.03. The first kappa shape index (κ1) is 11.7. The molecule has 1 saturated heterocycles. The van der Waals surface area contributed by atoms with Crippen LogP contribution in [0.25, 0.3) is 0 Å². The maximum absolute atomic E-state index is 13.4. The predicted molar refractivity (Wildman–Crippen MR) is 61.6 cm³/mol. The topological polar surface area (TPSA) is 20.3 Å². The Labute approximate surface area is 103 Å². The summed E-state index contributed by atoms with van der Waals surface area (Å²) in [5, 5.41) is 0.317. The maximum atomic E-state index is 13.4. The molecule has 1 atom stereocenters. The largest absolute Gasteiger partial charge is 0.337 e. The van der Waals surface area contributed by atoms with Crippen LogP contribution in [0, 0.1) is 5.82 Å². The summed E-state index contributed by atoms with van der Waals surface area (Å²) in [4.78, 5) is 13.5. The van der Waals surface area contributed by atoms with Crippen LogP contribution < -0.4 is 0 Å². The first-order valence-corrected chi connectivity index (χ1v) is 5.78. The van der Waals surface area contributed by atoms with Gasteiger partial charge >= 0.3 is 0 Å². The summed E-state index contributed by atoms with van der Waals surface area (Å²) in [7, 11) is 0. The van der Waals surface area contributed by atoms with E-state index in [0.29, 0.717) is 18.1 Å². The van der Waals surface area contributed by atoms with Crippen molar-refractivity contribution in [3.63, 3.8) is 0 Å². The molecular formula is C11H10Cl2FNO. The number of hydrogen-bond donors (Lipinski definition) is 0. The fourth-order valence-electron chi connectivity index (χ4n) is 1.73. The first-order chi connectivity index (χ1) is 7.58. The average Bonchev–Trinajstić information content (AvgIpc) is 2.67. The molecule has 0 aliphatic carbocycles. The molecule has 2 nitrogen and oxygen atoms in total. The normalized spacial score (nSPS) is 20.2. The Hall–Kier alpha value is -0.800. The number of hydrogen-bond acceptors (Lipinski definition) is 1. The van der Waals surface area contributed by atoms with Crippen molar-refractivity contribution in [3.05, 3.63) is 34.6 Å². The van der Waals surface area contributed by atoms with Crippen molar-refractivity contribution in [2.75, 3.05) is 13.1 Å². The van der Waals surface area contributed by atoms with Crippen LogP contribution in [0.4, 0.5) is 4.39 Å². The molecule has 1 unspecified atom stereocenters. The van der Waals surface area contributed by atoms with Crippen LogP contribution in [0.1, 0.15) is 16.8 Å². The van der Waals surface area contributed by atoms with Crippen molar-refractivity contribution in [1.82, 2.24) is 4.90 Å². The number of benzene rings is 1. The molecule has 1 heterocycles. The number of halogens is 3. The number of carbonyl (C=O) groups excluding carboxylic acids is 1. The highest BCUT2D eigenvalue weighted by molar-refractivity contribution is 6.31. The van der Waals surface area contributed by atoms with Crippen molar-refractivity contribution in [2.45, 2.75) is 11.8 Å². The molecule has 2 rings (SSSR count). The number of rotatable bonds is 1. The Kier molecular flexibility index (Phi) is 3.36. The van der Waals surface area contributed by atoms with E-state index in [4.69, 9.17) is 23.2 Å². The second-order valence-electron chi connectivity index (χ2n) is 3.76. The van der Waals surface area contributed by atoms with E-state index >= 15 is 0 Å². The number of likely N-dealkylation sites (tertiary alicyclic amines) is 1. The second-order valence-corrected chi connectivity index (χ2v) is 4.81. The van der Waals surface area contributed by atoms with Crippen LogP contribution in [0.3, 0.4) is 0 Å². The maximum Gasteiger partial charge on any atom is 0.256 e. The molecule has 0 radical (unpaired) electrons. The van der Waals surface area contributed by atoms with Gasteiger partial charge < -0.3 is 4.90 Å². The summed E-state index contributed by atoms with van der Waals surface area (Å²) in [5.74, 6) is -0.893. The SMILES string of the molecule is O=C(c1cc(Cl)ccc1F)N1CCC(Cl)C1. The highest BCUT2D eigenvalue weighted by Crippen LogP contribution is 2.21. The molecule has 1 aromatic carbocycles. The van der Waals surface area contributed by atoms with Crippen LogP contribution in [0.5, 0.6) is 0 Å². The van der Waals surface area contributed by atoms with Gasteiger partial charge in [-0.1, -0.05) is 11.6 Å². The van der Waals surface area contributed by atoms with Gasteiger partial charge in [0.1, 0.15) is 5.82 Å². The molecule has 0 saturated carbocycles. The summed E-state index contributed by atoms with van der Waals surface area (Å²) in [6, 6.07) is 3.96. The number of alkyl halides is 1. The monoisotopic (exact) mass is 261 g/mol. The van der Waals surface area contributed by atoms with Crippen LogP contribution >= 0.6 is 23.2 Å². The van der Waals surface area contributed by atoms with Crippen molar-refractivity contribution in [3.8, 4) is 0 Å². The standard InChI is InChI=1S/C11H10Cl2FNO/c12-7-1-2-10(14)9(5-7)11(16)15-4-3-8(13)6-15/h1-2,5,8H,3-4,6H2. The van der Waals surface area contributed by atoms with Crippen LogP contribution in [-0.4, -0.2) is 29.3 Å². The van der Waals surface area contributed by atoms with Crippen LogP contribution in [0.15, 0.2) is 18.2 Å². The zero-order valence-electron chi connectivity index (χ0n) is 8.42. The third-order valence-electron chi connectivity index (χ3n) is 2.58. The number of nitrogens with zero attached hydrogens (tertiary/aromatic N) is 1. The van der Waals surface area contributed by atoms with Gasteiger partial charge in [0.05, 0.1) is 10.9 Å². The lowest BCUT2D eigenvalue weighted by Gasteiger charge is -2.15. The van der Waals surface area contributed by atoms with E-state index in [9.17, 15) is 9.18 Å². The smallest absolute Gasteiger partial charge is 0.256 e. The third-order valence-corrected chi connectivity index (χ3v) is 3.17.